The zero-order chi connectivity index (χ0) is 15.1. The number of hydrogen-bond donors (Lipinski definition) is 2. The standard InChI is InChI=1S/C15H20N2O3/c1-4-11(6-5-10(2)3)9-14(19)16-12-7-8-13(18)17-15(12)20/h4-6,12H,1,7-9H2,2-3H3,(H,16,19)(H,17,18,20)/b11-6+. The highest BCUT2D eigenvalue weighted by molar-refractivity contribution is 6.01. The molecule has 1 aliphatic rings. The van der Waals surface area contributed by atoms with Crippen LogP contribution in [0.15, 0.2) is 36.0 Å². The number of imide groups is 1. The fourth-order valence-electron chi connectivity index (χ4n) is 1.73. The van der Waals surface area contributed by atoms with E-state index in [1.807, 2.05) is 26.0 Å². The van der Waals surface area contributed by atoms with E-state index >= 15 is 0 Å². The van der Waals surface area contributed by atoms with Crippen LogP contribution in [0.1, 0.15) is 33.1 Å². The maximum Gasteiger partial charge on any atom is 0.249 e. The molecule has 5 nitrogen and oxygen atoms in total. The molecule has 108 valence electrons. The first-order chi connectivity index (χ1) is 9.42. The summed E-state index contributed by atoms with van der Waals surface area (Å²) < 4.78 is 0. The summed E-state index contributed by atoms with van der Waals surface area (Å²) in [6.45, 7) is 7.58. The van der Waals surface area contributed by atoms with Gasteiger partial charge in [0, 0.05) is 6.42 Å². The molecule has 0 bridgehead atoms. The van der Waals surface area contributed by atoms with Gasteiger partial charge in [-0.15, -0.1) is 0 Å². The van der Waals surface area contributed by atoms with Gasteiger partial charge in [0.05, 0.1) is 6.42 Å². The Balaban J connectivity index is 2.56. The molecule has 0 saturated carbocycles. The Labute approximate surface area is 118 Å². The molecule has 20 heavy (non-hydrogen) atoms. The first-order valence-electron chi connectivity index (χ1n) is 6.52. The van der Waals surface area contributed by atoms with Crippen LogP contribution in [0.2, 0.25) is 0 Å². The third-order valence-corrected chi connectivity index (χ3v) is 2.83. The fourth-order valence-corrected chi connectivity index (χ4v) is 1.73. The van der Waals surface area contributed by atoms with Crippen molar-refractivity contribution in [1.29, 1.82) is 0 Å². The van der Waals surface area contributed by atoms with E-state index in [1.165, 1.54) is 0 Å². The maximum atomic E-state index is 11.9. The minimum atomic E-state index is -0.630. The zero-order valence-corrected chi connectivity index (χ0v) is 11.9. The van der Waals surface area contributed by atoms with Crippen molar-refractivity contribution >= 4 is 17.7 Å². The van der Waals surface area contributed by atoms with Gasteiger partial charge in [0.15, 0.2) is 0 Å². The van der Waals surface area contributed by atoms with Crippen molar-refractivity contribution in [3.63, 3.8) is 0 Å². The molecular weight excluding hydrogens is 256 g/mol. The first-order valence-corrected chi connectivity index (χ1v) is 6.52. The molecule has 0 aromatic carbocycles. The smallest absolute Gasteiger partial charge is 0.249 e. The third kappa shape index (κ3) is 5.22. The maximum absolute atomic E-state index is 11.9. The lowest BCUT2D eigenvalue weighted by molar-refractivity contribution is -0.137. The van der Waals surface area contributed by atoms with Crippen molar-refractivity contribution in [2.75, 3.05) is 0 Å². The lowest BCUT2D eigenvalue weighted by Crippen LogP contribution is -2.52. The molecule has 2 N–H and O–H groups in total. The van der Waals surface area contributed by atoms with E-state index in [-0.39, 0.29) is 24.7 Å². The second kappa shape index (κ2) is 7.43. The van der Waals surface area contributed by atoms with Gasteiger partial charge < -0.3 is 5.32 Å². The van der Waals surface area contributed by atoms with Crippen molar-refractivity contribution < 1.29 is 14.4 Å². The van der Waals surface area contributed by atoms with Crippen molar-refractivity contribution in [2.24, 2.45) is 0 Å². The number of rotatable bonds is 5. The van der Waals surface area contributed by atoms with Crippen LogP contribution < -0.4 is 10.6 Å². The number of hydrogen-bond acceptors (Lipinski definition) is 3. The van der Waals surface area contributed by atoms with E-state index in [4.69, 9.17) is 0 Å². The summed E-state index contributed by atoms with van der Waals surface area (Å²) in [4.78, 5) is 34.4. The van der Waals surface area contributed by atoms with Crippen LogP contribution in [0.5, 0.6) is 0 Å². The number of carbonyl (C=O) groups is 3. The van der Waals surface area contributed by atoms with Crippen molar-refractivity contribution in [1.82, 2.24) is 10.6 Å². The summed E-state index contributed by atoms with van der Waals surface area (Å²) in [6.07, 6.45) is 6.09. The number of carbonyl (C=O) groups excluding carboxylic acids is 3. The first kappa shape index (κ1) is 15.9. The molecule has 1 fully saturated rings. The molecular formula is C15H20N2O3. The molecule has 0 aromatic heterocycles. The second-order valence-corrected chi connectivity index (χ2v) is 4.94. The van der Waals surface area contributed by atoms with Gasteiger partial charge in [-0.1, -0.05) is 30.4 Å². The highest BCUT2D eigenvalue weighted by Crippen LogP contribution is 2.08. The summed E-state index contributed by atoms with van der Waals surface area (Å²) in [6, 6.07) is -0.630. The Morgan fingerprint density at radius 1 is 1.40 bits per heavy atom. The van der Waals surface area contributed by atoms with E-state index in [0.29, 0.717) is 6.42 Å². The van der Waals surface area contributed by atoms with Crippen LogP contribution >= 0.6 is 0 Å². The predicted molar refractivity (Wildman–Crippen MR) is 76.6 cm³/mol. The van der Waals surface area contributed by atoms with Gasteiger partial charge in [-0.3, -0.25) is 19.7 Å². The molecule has 0 aliphatic carbocycles. The van der Waals surface area contributed by atoms with Crippen LogP contribution in [-0.2, 0) is 14.4 Å². The van der Waals surface area contributed by atoms with E-state index < -0.39 is 11.9 Å². The largest absolute Gasteiger partial charge is 0.344 e. The summed E-state index contributed by atoms with van der Waals surface area (Å²) in [5.41, 5.74) is 1.89. The SMILES string of the molecule is C=C/C(=C\C=C(C)C)CC(=O)NC1CCC(=O)NC1=O. The molecule has 0 radical (unpaired) electrons. The number of piperidine rings is 1. The fraction of sp³-hybridized carbons (Fsp3) is 0.400. The minimum Gasteiger partial charge on any atom is -0.344 e. The molecule has 0 aromatic rings. The number of nitrogens with one attached hydrogen (secondary N) is 2. The average molecular weight is 276 g/mol. The molecule has 1 atom stereocenters. The Morgan fingerprint density at radius 2 is 2.10 bits per heavy atom. The van der Waals surface area contributed by atoms with Crippen molar-refractivity contribution in [3.05, 3.63) is 36.0 Å². The Kier molecular flexibility index (Phi) is 5.90. The van der Waals surface area contributed by atoms with Gasteiger partial charge in [-0.05, 0) is 25.8 Å². The summed E-state index contributed by atoms with van der Waals surface area (Å²) in [5.74, 6) is -0.994. The summed E-state index contributed by atoms with van der Waals surface area (Å²) >= 11 is 0. The average Bonchev–Trinajstić information content (AvgIpc) is 2.37. The van der Waals surface area contributed by atoms with Gasteiger partial charge in [0.2, 0.25) is 17.7 Å². The molecule has 3 amide bonds. The molecule has 0 spiro atoms. The van der Waals surface area contributed by atoms with E-state index in [0.717, 1.165) is 11.1 Å². The third-order valence-electron chi connectivity index (χ3n) is 2.83. The lowest BCUT2D eigenvalue weighted by atomic mass is 10.1. The second-order valence-electron chi connectivity index (χ2n) is 4.94. The van der Waals surface area contributed by atoms with Gasteiger partial charge in [0.1, 0.15) is 6.04 Å². The normalized spacial score (nSPS) is 19.1. The molecule has 1 unspecified atom stereocenters. The zero-order valence-electron chi connectivity index (χ0n) is 11.9. The van der Waals surface area contributed by atoms with Gasteiger partial charge >= 0.3 is 0 Å². The van der Waals surface area contributed by atoms with Crippen LogP contribution in [0.4, 0.5) is 0 Å². The van der Waals surface area contributed by atoms with Crippen LogP contribution in [-0.4, -0.2) is 23.8 Å². The summed E-state index contributed by atoms with van der Waals surface area (Å²) in [5, 5.41) is 4.83. The van der Waals surface area contributed by atoms with Gasteiger partial charge in [-0.2, -0.15) is 0 Å². The van der Waals surface area contributed by atoms with Crippen LogP contribution in [0, 0.1) is 0 Å². The van der Waals surface area contributed by atoms with Crippen LogP contribution in [0.3, 0.4) is 0 Å². The predicted octanol–water partition coefficient (Wildman–Crippen LogP) is 1.38. The number of amides is 3. The monoisotopic (exact) mass is 276 g/mol. The van der Waals surface area contributed by atoms with E-state index in [1.54, 1.807) is 6.08 Å². The topological polar surface area (TPSA) is 75.3 Å². The van der Waals surface area contributed by atoms with Crippen LogP contribution in [0.25, 0.3) is 0 Å². The van der Waals surface area contributed by atoms with Gasteiger partial charge in [0.25, 0.3) is 0 Å². The number of allylic oxidation sites excluding steroid dienone is 4. The molecule has 1 heterocycles. The van der Waals surface area contributed by atoms with Crippen molar-refractivity contribution in [3.8, 4) is 0 Å². The molecule has 1 saturated heterocycles. The van der Waals surface area contributed by atoms with E-state index in [2.05, 4.69) is 17.2 Å². The Morgan fingerprint density at radius 3 is 2.65 bits per heavy atom. The van der Waals surface area contributed by atoms with E-state index in [9.17, 15) is 14.4 Å². The molecule has 5 heteroatoms. The lowest BCUT2D eigenvalue weighted by Gasteiger charge is -2.21. The summed E-state index contributed by atoms with van der Waals surface area (Å²) in [7, 11) is 0. The minimum absolute atomic E-state index is 0.158. The molecule has 1 rings (SSSR count). The highest BCUT2D eigenvalue weighted by atomic mass is 16.2. The Hall–Kier alpha value is -2.17. The van der Waals surface area contributed by atoms with Gasteiger partial charge in [-0.25, -0.2) is 0 Å². The quantitative estimate of drug-likeness (QED) is 0.588. The highest BCUT2D eigenvalue weighted by Gasteiger charge is 2.27. The Bertz CT molecular complexity index is 485. The van der Waals surface area contributed by atoms with Crippen molar-refractivity contribution in [2.45, 2.75) is 39.2 Å². The molecule has 1 aliphatic heterocycles.